The van der Waals surface area contributed by atoms with Crippen molar-refractivity contribution in [1.29, 1.82) is 0 Å². The van der Waals surface area contributed by atoms with Crippen LogP contribution < -0.4 is 10.6 Å². The van der Waals surface area contributed by atoms with Crippen molar-refractivity contribution in [2.24, 2.45) is 4.99 Å². The van der Waals surface area contributed by atoms with Gasteiger partial charge in [0.15, 0.2) is 5.96 Å². The molecule has 0 aliphatic heterocycles. The molecule has 0 aromatic heterocycles. The quantitative estimate of drug-likeness (QED) is 0.314. The number of guanidine groups is 1. The van der Waals surface area contributed by atoms with Gasteiger partial charge in [0, 0.05) is 33.2 Å². The highest BCUT2D eigenvalue weighted by atomic mass is 32.2. The van der Waals surface area contributed by atoms with Crippen molar-refractivity contribution in [3.05, 3.63) is 35.4 Å². The zero-order chi connectivity index (χ0) is 21.9. The lowest BCUT2D eigenvalue weighted by Crippen LogP contribution is -2.39. The molecule has 0 saturated heterocycles. The topological polar surface area (TPSA) is 83.0 Å². The molecule has 1 rings (SSSR count). The first-order valence-electron chi connectivity index (χ1n) is 9.17. The molecule has 0 saturated carbocycles. The van der Waals surface area contributed by atoms with Crippen molar-refractivity contribution in [3.8, 4) is 0 Å². The van der Waals surface area contributed by atoms with Crippen molar-refractivity contribution in [1.82, 2.24) is 14.9 Å². The molecule has 29 heavy (non-hydrogen) atoms. The maximum absolute atomic E-state index is 12.1. The van der Waals surface area contributed by atoms with Crippen LogP contribution in [0.2, 0.25) is 0 Å². The molecule has 0 fully saturated rings. The highest BCUT2D eigenvalue weighted by molar-refractivity contribution is 7.88. The number of halogens is 3. The summed E-state index contributed by atoms with van der Waals surface area (Å²) in [7, 11) is -1.56. The lowest BCUT2D eigenvalue weighted by Gasteiger charge is -2.18. The average Bonchev–Trinajstić information content (AvgIpc) is 2.63. The predicted molar refractivity (Wildman–Crippen MR) is 107 cm³/mol. The highest BCUT2D eigenvalue weighted by Gasteiger charge is 2.27. The van der Waals surface area contributed by atoms with Crippen molar-refractivity contribution in [3.63, 3.8) is 0 Å². The third-order valence-corrected chi connectivity index (χ3v) is 5.32. The summed E-state index contributed by atoms with van der Waals surface area (Å²) in [6.07, 6.45) is -2.50. The first-order valence-corrected chi connectivity index (χ1v) is 11.0. The van der Waals surface area contributed by atoms with E-state index in [0.717, 1.165) is 5.56 Å². The van der Waals surface area contributed by atoms with Crippen LogP contribution in [0.25, 0.3) is 0 Å². The maximum atomic E-state index is 12.1. The van der Waals surface area contributed by atoms with Crippen LogP contribution in [0.1, 0.15) is 24.5 Å². The number of hydrogen-bond donors (Lipinski definition) is 2. The molecule has 0 heterocycles. The Balaban J connectivity index is 2.35. The minimum Gasteiger partial charge on any atom is -0.367 e. The molecule has 0 radical (unpaired) electrons. The van der Waals surface area contributed by atoms with Crippen LogP contribution in [-0.2, 0) is 27.9 Å². The van der Waals surface area contributed by atoms with Crippen molar-refractivity contribution in [2.75, 3.05) is 39.5 Å². The molecule has 0 atom stereocenters. The van der Waals surface area contributed by atoms with E-state index in [9.17, 15) is 21.6 Å². The summed E-state index contributed by atoms with van der Waals surface area (Å²) < 4.78 is 65.3. The lowest BCUT2D eigenvalue weighted by molar-refractivity contribution is -0.176. The van der Waals surface area contributed by atoms with Gasteiger partial charge in [0.2, 0.25) is 10.0 Å². The fraction of sp³-hybridized carbons (Fsp3) is 0.611. The molecule has 1 aromatic rings. The highest BCUT2D eigenvalue weighted by Crippen LogP contribution is 2.15. The first kappa shape index (κ1) is 25.2. The van der Waals surface area contributed by atoms with E-state index in [1.807, 2.05) is 0 Å². The summed E-state index contributed by atoms with van der Waals surface area (Å²) in [5.74, 6) is 0.574. The summed E-state index contributed by atoms with van der Waals surface area (Å²) in [4.78, 5) is 4.11. The minimum absolute atomic E-state index is 0.0985. The molecular weight excluding hydrogens is 409 g/mol. The largest absolute Gasteiger partial charge is 0.411 e. The normalized spacial score (nSPS) is 13.0. The number of hydrogen-bond acceptors (Lipinski definition) is 4. The molecule has 0 spiro atoms. The SMILES string of the molecule is CCN(CCCNC(=NC)NCc1ccc(COCC(F)(F)F)cc1)S(C)(=O)=O. The molecule has 0 aliphatic carbocycles. The van der Waals surface area contributed by atoms with Crippen LogP contribution in [0.5, 0.6) is 0 Å². The van der Waals surface area contributed by atoms with E-state index in [4.69, 9.17) is 0 Å². The van der Waals surface area contributed by atoms with Crippen LogP contribution in [-0.4, -0.2) is 64.4 Å². The van der Waals surface area contributed by atoms with Crippen molar-refractivity contribution >= 4 is 16.0 Å². The number of benzene rings is 1. The van der Waals surface area contributed by atoms with Gasteiger partial charge in [-0.2, -0.15) is 13.2 Å². The van der Waals surface area contributed by atoms with Gasteiger partial charge in [-0.05, 0) is 17.5 Å². The number of alkyl halides is 3. The van der Waals surface area contributed by atoms with Gasteiger partial charge in [-0.15, -0.1) is 0 Å². The molecule has 0 aliphatic rings. The molecule has 0 bridgehead atoms. The van der Waals surface area contributed by atoms with Gasteiger partial charge in [-0.1, -0.05) is 31.2 Å². The van der Waals surface area contributed by atoms with Crippen molar-refractivity contribution < 1.29 is 26.3 Å². The van der Waals surface area contributed by atoms with Gasteiger partial charge in [-0.3, -0.25) is 4.99 Å². The van der Waals surface area contributed by atoms with Crippen LogP contribution in [0.3, 0.4) is 0 Å². The summed E-state index contributed by atoms with van der Waals surface area (Å²) in [6.45, 7) is 2.33. The van der Waals surface area contributed by atoms with Gasteiger partial charge in [0.05, 0.1) is 12.9 Å². The Hall–Kier alpha value is -1.85. The Morgan fingerprint density at radius 3 is 2.31 bits per heavy atom. The monoisotopic (exact) mass is 438 g/mol. The number of aliphatic imine (C=N–C) groups is 1. The van der Waals surface area contributed by atoms with Gasteiger partial charge in [0.25, 0.3) is 0 Å². The molecule has 11 heteroatoms. The van der Waals surface area contributed by atoms with Gasteiger partial charge < -0.3 is 15.4 Å². The number of nitrogens with one attached hydrogen (secondary N) is 2. The molecule has 0 amide bonds. The maximum Gasteiger partial charge on any atom is 0.411 e. The Morgan fingerprint density at radius 2 is 1.79 bits per heavy atom. The Morgan fingerprint density at radius 1 is 1.17 bits per heavy atom. The van der Waals surface area contributed by atoms with E-state index in [1.165, 1.54) is 10.6 Å². The Bertz CT molecular complexity index is 738. The summed E-state index contributed by atoms with van der Waals surface area (Å²) in [5, 5.41) is 6.24. The zero-order valence-corrected chi connectivity index (χ0v) is 17.7. The smallest absolute Gasteiger partial charge is 0.367 e. The van der Waals surface area contributed by atoms with Gasteiger partial charge in [0.1, 0.15) is 6.61 Å². The fourth-order valence-corrected chi connectivity index (χ4v) is 3.39. The number of nitrogens with zero attached hydrogens (tertiary/aromatic N) is 2. The minimum atomic E-state index is -4.33. The van der Waals surface area contributed by atoms with E-state index in [-0.39, 0.29) is 6.61 Å². The second kappa shape index (κ2) is 12.0. The van der Waals surface area contributed by atoms with E-state index in [0.29, 0.717) is 44.1 Å². The van der Waals surface area contributed by atoms with E-state index >= 15 is 0 Å². The van der Waals surface area contributed by atoms with Crippen molar-refractivity contribution in [2.45, 2.75) is 32.7 Å². The standard InChI is InChI=1S/C18H29F3N4O3S/c1-4-25(29(3,26)27)11-5-10-23-17(22-2)24-12-15-6-8-16(9-7-15)13-28-14-18(19,20)21/h6-9H,4-5,10-14H2,1-3H3,(H2,22,23,24). The molecule has 1 aromatic carbocycles. The lowest BCUT2D eigenvalue weighted by atomic mass is 10.1. The molecule has 2 N–H and O–H groups in total. The van der Waals surface area contributed by atoms with E-state index in [1.54, 1.807) is 38.2 Å². The Labute approximate surface area is 170 Å². The van der Waals surface area contributed by atoms with E-state index in [2.05, 4.69) is 20.4 Å². The second-order valence-electron chi connectivity index (χ2n) is 6.39. The summed E-state index contributed by atoms with van der Waals surface area (Å²) >= 11 is 0. The third-order valence-electron chi connectivity index (χ3n) is 3.94. The average molecular weight is 439 g/mol. The van der Waals surface area contributed by atoms with Gasteiger partial charge >= 0.3 is 6.18 Å². The van der Waals surface area contributed by atoms with Crippen LogP contribution >= 0.6 is 0 Å². The number of rotatable bonds is 11. The van der Waals surface area contributed by atoms with Crippen LogP contribution in [0, 0.1) is 0 Å². The van der Waals surface area contributed by atoms with Crippen LogP contribution in [0.15, 0.2) is 29.3 Å². The molecular formula is C18H29F3N4O3S. The van der Waals surface area contributed by atoms with Crippen LogP contribution in [0.4, 0.5) is 13.2 Å². The number of ether oxygens (including phenoxy) is 1. The third kappa shape index (κ3) is 11.1. The zero-order valence-electron chi connectivity index (χ0n) is 16.9. The van der Waals surface area contributed by atoms with Gasteiger partial charge in [-0.25, -0.2) is 12.7 Å². The summed E-state index contributed by atoms with van der Waals surface area (Å²) in [5.41, 5.74) is 1.59. The predicted octanol–water partition coefficient (Wildman–Crippen LogP) is 2.10. The second-order valence-corrected chi connectivity index (χ2v) is 8.37. The first-order chi connectivity index (χ1) is 13.5. The molecule has 0 unspecified atom stereocenters. The number of sulfonamides is 1. The Kier molecular flexibility index (Phi) is 10.4. The fourth-order valence-electron chi connectivity index (χ4n) is 2.46. The molecule has 7 nitrogen and oxygen atoms in total. The van der Waals surface area contributed by atoms with E-state index < -0.39 is 22.8 Å². The summed E-state index contributed by atoms with van der Waals surface area (Å²) in [6, 6.07) is 7.04. The molecule has 166 valence electrons.